The van der Waals surface area contributed by atoms with E-state index in [0.29, 0.717) is 6.04 Å². The fourth-order valence-corrected chi connectivity index (χ4v) is 1.79. The normalized spacial score (nSPS) is 20.5. The number of hydrogen-bond acceptors (Lipinski definition) is 3. The van der Waals surface area contributed by atoms with Gasteiger partial charge >= 0.3 is 6.09 Å². The standard InChI is InChI=1S/C12H23NO3/c1-12(2,3)16-11(15)13-8-7-10(13)6-4-5-9-14/h10,14H,4-9H2,1-3H3. The van der Waals surface area contributed by atoms with E-state index in [9.17, 15) is 4.79 Å². The van der Waals surface area contributed by atoms with Crippen molar-refractivity contribution in [3.8, 4) is 0 Å². The maximum atomic E-state index is 11.7. The maximum Gasteiger partial charge on any atom is 0.410 e. The van der Waals surface area contributed by atoms with Gasteiger partial charge in [0.1, 0.15) is 5.60 Å². The summed E-state index contributed by atoms with van der Waals surface area (Å²) in [5.74, 6) is 0. The second kappa shape index (κ2) is 5.53. The van der Waals surface area contributed by atoms with Gasteiger partial charge in [-0.15, -0.1) is 0 Å². The molecule has 4 heteroatoms. The molecule has 1 unspecified atom stereocenters. The average molecular weight is 229 g/mol. The van der Waals surface area contributed by atoms with Crippen molar-refractivity contribution in [2.75, 3.05) is 13.2 Å². The van der Waals surface area contributed by atoms with E-state index in [4.69, 9.17) is 9.84 Å². The Bertz CT molecular complexity index is 235. The van der Waals surface area contributed by atoms with Gasteiger partial charge in [0, 0.05) is 19.2 Å². The highest BCUT2D eigenvalue weighted by atomic mass is 16.6. The third kappa shape index (κ3) is 4.00. The predicted octanol–water partition coefficient (Wildman–Crippen LogP) is 2.16. The summed E-state index contributed by atoms with van der Waals surface area (Å²) in [6.07, 6.45) is 3.62. The van der Waals surface area contributed by atoms with Gasteiger partial charge in [-0.1, -0.05) is 0 Å². The van der Waals surface area contributed by atoms with E-state index >= 15 is 0 Å². The van der Waals surface area contributed by atoms with Crippen molar-refractivity contribution in [3.63, 3.8) is 0 Å². The third-order valence-electron chi connectivity index (χ3n) is 2.72. The van der Waals surface area contributed by atoms with Gasteiger partial charge in [-0.2, -0.15) is 0 Å². The van der Waals surface area contributed by atoms with Crippen LogP contribution in [0.4, 0.5) is 4.79 Å². The summed E-state index contributed by atoms with van der Waals surface area (Å²) in [4.78, 5) is 13.5. The summed E-state index contributed by atoms with van der Waals surface area (Å²) in [7, 11) is 0. The number of carbonyl (C=O) groups excluding carboxylic acids is 1. The van der Waals surface area contributed by atoms with Crippen molar-refractivity contribution in [1.29, 1.82) is 0 Å². The molecule has 16 heavy (non-hydrogen) atoms. The molecule has 0 aromatic heterocycles. The van der Waals surface area contributed by atoms with Crippen LogP contribution in [0.15, 0.2) is 0 Å². The molecule has 1 atom stereocenters. The van der Waals surface area contributed by atoms with E-state index in [0.717, 1.165) is 32.2 Å². The highest BCUT2D eigenvalue weighted by Gasteiger charge is 2.34. The van der Waals surface area contributed by atoms with Gasteiger partial charge in [-0.25, -0.2) is 4.79 Å². The van der Waals surface area contributed by atoms with Gasteiger partial charge < -0.3 is 14.7 Å². The van der Waals surface area contributed by atoms with E-state index in [1.165, 1.54) is 0 Å². The third-order valence-corrected chi connectivity index (χ3v) is 2.72. The number of carbonyl (C=O) groups is 1. The first-order valence-corrected chi connectivity index (χ1v) is 6.04. The quantitative estimate of drug-likeness (QED) is 0.751. The SMILES string of the molecule is CC(C)(C)OC(=O)N1CCC1CCCCO. The van der Waals surface area contributed by atoms with Gasteiger partial charge in [0.05, 0.1) is 0 Å². The highest BCUT2D eigenvalue weighted by Crippen LogP contribution is 2.24. The van der Waals surface area contributed by atoms with Crippen LogP contribution < -0.4 is 0 Å². The Morgan fingerprint density at radius 2 is 2.12 bits per heavy atom. The molecular weight excluding hydrogens is 206 g/mol. The van der Waals surface area contributed by atoms with E-state index in [-0.39, 0.29) is 12.7 Å². The Balaban J connectivity index is 2.29. The van der Waals surface area contributed by atoms with E-state index in [2.05, 4.69) is 0 Å². The van der Waals surface area contributed by atoms with Crippen molar-refractivity contribution in [1.82, 2.24) is 4.90 Å². The highest BCUT2D eigenvalue weighted by molar-refractivity contribution is 5.69. The van der Waals surface area contributed by atoms with Crippen LogP contribution in [0.2, 0.25) is 0 Å². The van der Waals surface area contributed by atoms with Crippen LogP contribution in [0.25, 0.3) is 0 Å². The molecule has 94 valence electrons. The van der Waals surface area contributed by atoms with E-state index in [1.807, 2.05) is 20.8 Å². The van der Waals surface area contributed by atoms with Crippen molar-refractivity contribution >= 4 is 6.09 Å². The Morgan fingerprint density at radius 3 is 2.56 bits per heavy atom. The molecule has 0 spiro atoms. The molecule has 1 N–H and O–H groups in total. The number of aliphatic hydroxyl groups is 1. The average Bonchev–Trinajstić information content (AvgIpc) is 2.07. The van der Waals surface area contributed by atoms with Gasteiger partial charge in [0.2, 0.25) is 0 Å². The maximum absolute atomic E-state index is 11.7. The zero-order valence-electron chi connectivity index (χ0n) is 10.5. The molecule has 0 aliphatic carbocycles. The lowest BCUT2D eigenvalue weighted by Gasteiger charge is -2.41. The minimum Gasteiger partial charge on any atom is -0.444 e. The Kier molecular flexibility index (Phi) is 4.59. The van der Waals surface area contributed by atoms with Gasteiger partial charge in [-0.3, -0.25) is 0 Å². The summed E-state index contributed by atoms with van der Waals surface area (Å²) in [6.45, 7) is 6.68. The number of unbranched alkanes of at least 4 members (excludes halogenated alkanes) is 1. The summed E-state index contributed by atoms with van der Waals surface area (Å²) in [5.41, 5.74) is -0.414. The summed E-state index contributed by atoms with van der Waals surface area (Å²) < 4.78 is 5.32. The van der Waals surface area contributed by atoms with E-state index in [1.54, 1.807) is 4.90 Å². The van der Waals surface area contributed by atoms with Crippen LogP contribution in [-0.2, 0) is 4.74 Å². The summed E-state index contributed by atoms with van der Waals surface area (Å²) in [5, 5.41) is 8.69. The number of aliphatic hydroxyl groups excluding tert-OH is 1. The Labute approximate surface area is 97.6 Å². The van der Waals surface area contributed by atoms with Crippen LogP contribution in [0.5, 0.6) is 0 Å². The van der Waals surface area contributed by atoms with E-state index < -0.39 is 5.60 Å². The minimum absolute atomic E-state index is 0.201. The monoisotopic (exact) mass is 229 g/mol. The molecule has 0 aromatic carbocycles. The molecule has 1 heterocycles. The van der Waals surface area contributed by atoms with Crippen molar-refractivity contribution in [2.24, 2.45) is 0 Å². The second-order valence-corrected chi connectivity index (χ2v) is 5.34. The summed E-state index contributed by atoms with van der Waals surface area (Å²) in [6, 6.07) is 0.321. The molecule has 0 bridgehead atoms. The van der Waals surface area contributed by atoms with Crippen molar-refractivity contribution in [2.45, 2.75) is 58.1 Å². The first-order valence-electron chi connectivity index (χ1n) is 6.04. The number of amides is 1. The fraction of sp³-hybridized carbons (Fsp3) is 0.917. The summed E-state index contributed by atoms with van der Waals surface area (Å²) >= 11 is 0. The zero-order valence-corrected chi connectivity index (χ0v) is 10.5. The van der Waals surface area contributed by atoms with Crippen LogP contribution >= 0.6 is 0 Å². The largest absolute Gasteiger partial charge is 0.444 e. The predicted molar refractivity (Wildman–Crippen MR) is 62.3 cm³/mol. The lowest BCUT2D eigenvalue weighted by atomic mass is 9.98. The van der Waals surface area contributed by atoms with Gasteiger partial charge in [-0.05, 0) is 46.5 Å². The molecule has 0 radical (unpaired) electrons. The van der Waals surface area contributed by atoms with Crippen molar-refractivity contribution < 1.29 is 14.6 Å². The van der Waals surface area contributed by atoms with Crippen molar-refractivity contribution in [3.05, 3.63) is 0 Å². The number of hydrogen-bond donors (Lipinski definition) is 1. The van der Waals surface area contributed by atoms with Crippen LogP contribution in [0.1, 0.15) is 46.5 Å². The molecule has 0 saturated carbocycles. The molecule has 1 amide bonds. The molecule has 0 aromatic rings. The van der Waals surface area contributed by atoms with Crippen LogP contribution in [-0.4, -0.2) is 40.9 Å². The Hall–Kier alpha value is -0.770. The number of likely N-dealkylation sites (tertiary alicyclic amines) is 1. The molecule has 1 saturated heterocycles. The molecule has 1 fully saturated rings. The zero-order chi connectivity index (χ0) is 12.2. The molecule has 1 rings (SSSR count). The number of ether oxygens (including phenoxy) is 1. The first kappa shape index (κ1) is 13.3. The van der Waals surface area contributed by atoms with Gasteiger partial charge in [0.25, 0.3) is 0 Å². The van der Waals surface area contributed by atoms with Crippen LogP contribution in [0.3, 0.4) is 0 Å². The Morgan fingerprint density at radius 1 is 1.44 bits per heavy atom. The molecule has 4 nitrogen and oxygen atoms in total. The molecular formula is C12H23NO3. The second-order valence-electron chi connectivity index (χ2n) is 5.34. The lowest BCUT2D eigenvalue weighted by molar-refractivity contribution is -0.00716. The van der Waals surface area contributed by atoms with Gasteiger partial charge in [0.15, 0.2) is 0 Å². The first-order chi connectivity index (χ1) is 7.44. The number of nitrogens with zero attached hydrogens (tertiary/aromatic N) is 1. The minimum atomic E-state index is -0.414. The fourth-order valence-electron chi connectivity index (χ4n) is 1.79. The molecule has 1 aliphatic rings. The lowest BCUT2D eigenvalue weighted by Crippen LogP contribution is -2.52. The number of rotatable bonds is 4. The smallest absolute Gasteiger partial charge is 0.410 e. The molecule has 1 aliphatic heterocycles. The topological polar surface area (TPSA) is 49.8 Å². The van der Waals surface area contributed by atoms with Crippen LogP contribution in [0, 0.1) is 0 Å².